The van der Waals surface area contributed by atoms with Crippen molar-refractivity contribution in [3.63, 3.8) is 0 Å². The maximum atomic E-state index is 12.2. The van der Waals surface area contributed by atoms with Gasteiger partial charge in [-0.15, -0.1) is 0 Å². The van der Waals surface area contributed by atoms with Gasteiger partial charge in [0.05, 0.1) is 6.42 Å². The van der Waals surface area contributed by atoms with Gasteiger partial charge >= 0.3 is 12.0 Å². The van der Waals surface area contributed by atoms with Crippen LogP contribution in [0.4, 0.5) is 4.79 Å². The molecule has 2 unspecified atom stereocenters. The van der Waals surface area contributed by atoms with Gasteiger partial charge in [0.1, 0.15) is 0 Å². The maximum absolute atomic E-state index is 12.2. The summed E-state index contributed by atoms with van der Waals surface area (Å²) in [5.41, 5.74) is -0.274. The summed E-state index contributed by atoms with van der Waals surface area (Å²) in [6.45, 7) is 9.37. The first-order valence-corrected chi connectivity index (χ1v) is 7.64. The van der Waals surface area contributed by atoms with Crippen LogP contribution in [0.2, 0.25) is 0 Å². The zero-order chi connectivity index (χ0) is 14.6. The number of carbonyl (C=O) groups is 2. The molecule has 2 N–H and O–H groups in total. The van der Waals surface area contributed by atoms with Crippen LogP contribution in [0.3, 0.4) is 0 Å². The molecule has 1 fully saturated rings. The first-order chi connectivity index (χ1) is 8.70. The molecule has 0 saturated carbocycles. The fourth-order valence-electron chi connectivity index (χ4n) is 1.99. The molecule has 1 aliphatic heterocycles. The van der Waals surface area contributed by atoms with E-state index in [1.807, 2.05) is 32.5 Å². The summed E-state index contributed by atoms with van der Waals surface area (Å²) in [6.07, 6.45) is -0.0482. The van der Waals surface area contributed by atoms with E-state index < -0.39 is 5.97 Å². The topological polar surface area (TPSA) is 69.6 Å². The molecule has 2 amide bonds. The number of nitrogens with zero attached hydrogens (tertiary/aromatic N) is 1. The maximum Gasteiger partial charge on any atom is 0.317 e. The summed E-state index contributed by atoms with van der Waals surface area (Å²) in [6, 6.07) is -0.504. The minimum absolute atomic E-state index is 0.0482. The third-order valence-corrected chi connectivity index (χ3v) is 4.39. The van der Waals surface area contributed by atoms with Gasteiger partial charge in [-0.2, -0.15) is 11.8 Å². The van der Waals surface area contributed by atoms with Gasteiger partial charge in [0, 0.05) is 30.1 Å². The van der Waals surface area contributed by atoms with Crippen LogP contribution in [-0.2, 0) is 4.79 Å². The highest BCUT2D eigenvalue weighted by Crippen LogP contribution is 2.23. The minimum Gasteiger partial charge on any atom is -0.481 e. The Morgan fingerprint density at radius 1 is 1.47 bits per heavy atom. The third kappa shape index (κ3) is 5.30. The van der Waals surface area contributed by atoms with Gasteiger partial charge < -0.3 is 15.3 Å². The Morgan fingerprint density at radius 3 is 2.58 bits per heavy atom. The first-order valence-electron chi connectivity index (χ1n) is 6.59. The third-order valence-electron chi connectivity index (χ3n) is 3.25. The van der Waals surface area contributed by atoms with Crippen LogP contribution in [0.25, 0.3) is 0 Å². The molecule has 0 aromatic rings. The second-order valence-electron chi connectivity index (χ2n) is 6.09. The van der Waals surface area contributed by atoms with Crippen molar-refractivity contribution in [2.24, 2.45) is 5.41 Å². The second kappa shape index (κ2) is 6.50. The number of hydrogen-bond donors (Lipinski definition) is 2. The van der Waals surface area contributed by atoms with E-state index >= 15 is 0 Å². The number of urea groups is 1. The highest BCUT2D eigenvalue weighted by atomic mass is 32.2. The molecule has 19 heavy (non-hydrogen) atoms. The Kier molecular flexibility index (Phi) is 5.52. The smallest absolute Gasteiger partial charge is 0.317 e. The SMILES string of the molecule is CC1CN(C(=O)NC(CC(=O)O)C(C)(C)C)CCS1. The number of carboxylic acids is 1. The lowest BCUT2D eigenvalue weighted by molar-refractivity contribution is -0.138. The summed E-state index contributed by atoms with van der Waals surface area (Å²) >= 11 is 1.86. The second-order valence-corrected chi connectivity index (χ2v) is 7.64. The minimum atomic E-state index is -0.886. The molecule has 0 spiro atoms. The van der Waals surface area contributed by atoms with Crippen molar-refractivity contribution in [1.29, 1.82) is 0 Å². The molecule has 0 aromatic heterocycles. The largest absolute Gasteiger partial charge is 0.481 e. The fraction of sp³-hybridized carbons (Fsp3) is 0.846. The van der Waals surface area contributed by atoms with E-state index in [2.05, 4.69) is 12.2 Å². The molecule has 5 nitrogen and oxygen atoms in total. The van der Waals surface area contributed by atoms with Crippen LogP contribution in [0.5, 0.6) is 0 Å². The highest BCUT2D eigenvalue weighted by molar-refractivity contribution is 7.99. The van der Waals surface area contributed by atoms with Gasteiger partial charge in [-0.25, -0.2) is 4.79 Å². The molecule has 1 heterocycles. The van der Waals surface area contributed by atoms with Crippen molar-refractivity contribution in [1.82, 2.24) is 10.2 Å². The zero-order valence-electron chi connectivity index (χ0n) is 12.1. The van der Waals surface area contributed by atoms with E-state index in [0.717, 1.165) is 18.8 Å². The number of rotatable bonds is 3. The summed E-state index contributed by atoms with van der Waals surface area (Å²) in [5, 5.41) is 12.3. The highest BCUT2D eigenvalue weighted by Gasteiger charge is 2.30. The Hall–Kier alpha value is -0.910. The van der Waals surface area contributed by atoms with Crippen LogP contribution < -0.4 is 5.32 Å². The van der Waals surface area contributed by atoms with Gasteiger partial charge in [-0.1, -0.05) is 27.7 Å². The standard InChI is InChI=1S/C13H24N2O3S/c1-9-8-15(5-6-19-9)12(18)14-10(7-11(16)17)13(2,3)4/h9-10H,5-8H2,1-4H3,(H,14,18)(H,16,17). The van der Waals surface area contributed by atoms with E-state index in [4.69, 9.17) is 5.11 Å². The Balaban J connectivity index is 2.62. The molecule has 2 atom stereocenters. The van der Waals surface area contributed by atoms with Gasteiger partial charge in [-0.05, 0) is 5.41 Å². The van der Waals surface area contributed by atoms with Crippen LogP contribution in [-0.4, -0.2) is 52.1 Å². The summed E-state index contributed by atoms with van der Waals surface area (Å²) in [7, 11) is 0. The number of hydrogen-bond acceptors (Lipinski definition) is 3. The fourth-order valence-corrected chi connectivity index (χ4v) is 3.01. The number of thioether (sulfide) groups is 1. The van der Waals surface area contributed by atoms with E-state index in [9.17, 15) is 9.59 Å². The number of aliphatic carboxylic acids is 1. The molecule has 110 valence electrons. The van der Waals surface area contributed by atoms with E-state index in [-0.39, 0.29) is 23.9 Å². The monoisotopic (exact) mass is 288 g/mol. The lowest BCUT2D eigenvalue weighted by atomic mass is 9.85. The molecule has 1 saturated heterocycles. The summed E-state index contributed by atoms with van der Waals surface area (Å²) in [5.74, 6) is 0.0519. The number of carbonyl (C=O) groups excluding carboxylic acids is 1. The zero-order valence-corrected chi connectivity index (χ0v) is 12.9. The van der Waals surface area contributed by atoms with Gasteiger partial charge in [-0.3, -0.25) is 4.79 Å². The van der Waals surface area contributed by atoms with Crippen molar-refractivity contribution < 1.29 is 14.7 Å². The lowest BCUT2D eigenvalue weighted by Gasteiger charge is -2.35. The normalized spacial score (nSPS) is 21.9. The predicted molar refractivity (Wildman–Crippen MR) is 77.5 cm³/mol. The quantitative estimate of drug-likeness (QED) is 0.833. The molecule has 0 aromatic carbocycles. The Bertz CT molecular complexity index is 341. The van der Waals surface area contributed by atoms with E-state index in [0.29, 0.717) is 5.25 Å². The van der Waals surface area contributed by atoms with Crippen molar-refractivity contribution in [3.05, 3.63) is 0 Å². The van der Waals surface area contributed by atoms with Gasteiger partial charge in [0.15, 0.2) is 0 Å². The molecule has 0 bridgehead atoms. The van der Waals surface area contributed by atoms with Gasteiger partial charge in [0.25, 0.3) is 0 Å². The molecular formula is C13H24N2O3S. The van der Waals surface area contributed by atoms with Crippen molar-refractivity contribution in [2.45, 2.75) is 45.4 Å². The first kappa shape index (κ1) is 16.1. The van der Waals surface area contributed by atoms with E-state index in [1.54, 1.807) is 4.90 Å². The van der Waals surface area contributed by atoms with Crippen molar-refractivity contribution in [3.8, 4) is 0 Å². The van der Waals surface area contributed by atoms with E-state index in [1.165, 1.54) is 0 Å². The number of nitrogens with one attached hydrogen (secondary N) is 1. The molecule has 0 radical (unpaired) electrons. The van der Waals surface area contributed by atoms with Crippen LogP contribution in [0, 0.1) is 5.41 Å². The van der Waals surface area contributed by atoms with Crippen LogP contribution >= 0.6 is 11.8 Å². The van der Waals surface area contributed by atoms with Gasteiger partial charge in [0.2, 0.25) is 0 Å². The summed E-state index contributed by atoms with van der Waals surface area (Å²) in [4.78, 5) is 24.9. The molecule has 0 aliphatic carbocycles. The lowest BCUT2D eigenvalue weighted by Crippen LogP contribution is -2.53. The molecule has 6 heteroatoms. The number of carboxylic acid groups (broad SMARTS) is 1. The molecule has 1 rings (SSSR count). The van der Waals surface area contributed by atoms with Crippen LogP contribution in [0.1, 0.15) is 34.1 Å². The van der Waals surface area contributed by atoms with Crippen molar-refractivity contribution >= 4 is 23.8 Å². The average Bonchev–Trinajstić information content (AvgIpc) is 2.26. The molecular weight excluding hydrogens is 264 g/mol. The molecule has 1 aliphatic rings. The summed E-state index contributed by atoms with van der Waals surface area (Å²) < 4.78 is 0. The Labute approximate surface area is 119 Å². The number of amides is 2. The van der Waals surface area contributed by atoms with Crippen molar-refractivity contribution in [2.75, 3.05) is 18.8 Å². The average molecular weight is 288 g/mol. The predicted octanol–water partition coefficient (Wildman–Crippen LogP) is 2.02. The van der Waals surface area contributed by atoms with Crippen LogP contribution in [0.15, 0.2) is 0 Å². The Morgan fingerprint density at radius 2 is 2.11 bits per heavy atom.